The number of aromatic nitrogens is 2. The molecular formula is C18H22ClN3O2. The third kappa shape index (κ3) is 3.73. The van der Waals surface area contributed by atoms with Gasteiger partial charge in [0.25, 0.3) is 0 Å². The van der Waals surface area contributed by atoms with Crippen molar-refractivity contribution >= 4 is 17.5 Å². The Kier molecular flexibility index (Phi) is 5.09. The van der Waals surface area contributed by atoms with Gasteiger partial charge >= 0.3 is 0 Å². The summed E-state index contributed by atoms with van der Waals surface area (Å²) in [6.45, 7) is 5.24. The number of nitrogens with zero attached hydrogens (tertiary/aromatic N) is 2. The Balaban J connectivity index is 1.63. The highest BCUT2D eigenvalue weighted by atomic mass is 35.5. The normalized spacial score (nSPS) is 17.8. The van der Waals surface area contributed by atoms with E-state index in [9.17, 15) is 4.79 Å². The number of carbonyl (C=O) groups is 1. The van der Waals surface area contributed by atoms with E-state index in [0.717, 1.165) is 36.3 Å². The van der Waals surface area contributed by atoms with Crippen LogP contribution in [0, 0.1) is 13.8 Å². The van der Waals surface area contributed by atoms with Gasteiger partial charge in [-0.1, -0.05) is 23.7 Å². The number of aryl methyl sites for hydroxylation is 2. The summed E-state index contributed by atoms with van der Waals surface area (Å²) in [5.41, 5.74) is 2.84. The summed E-state index contributed by atoms with van der Waals surface area (Å²) in [6.07, 6.45) is 2.23. The fraction of sp³-hybridized carbons (Fsp3) is 0.444. The summed E-state index contributed by atoms with van der Waals surface area (Å²) in [4.78, 5) is 14.5. The number of nitrogens with one attached hydrogen (secondary N) is 1. The number of amides is 1. The number of carbonyl (C=O) groups excluding carboxylic acids is 1. The molecule has 1 atom stereocenters. The molecule has 0 aliphatic carbocycles. The van der Waals surface area contributed by atoms with E-state index in [2.05, 4.69) is 10.2 Å². The SMILES string of the molecule is Cc1n[nH]c(C)c1CC(=O)N1CCCC(Oc2ccccc2Cl)C1. The quantitative estimate of drug-likeness (QED) is 0.923. The van der Waals surface area contributed by atoms with Gasteiger partial charge in [0.1, 0.15) is 11.9 Å². The van der Waals surface area contributed by atoms with Crippen LogP contribution in [0.3, 0.4) is 0 Å². The van der Waals surface area contributed by atoms with Gasteiger partial charge in [0.15, 0.2) is 0 Å². The zero-order valence-electron chi connectivity index (χ0n) is 14.0. The molecule has 1 aliphatic rings. The monoisotopic (exact) mass is 347 g/mol. The molecule has 0 saturated carbocycles. The molecule has 5 nitrogen and oxygen atoms in total. The van der Waals surface area contributed by atoms with E-state index >= 15 is 0 Å². The zero-order valence-corrected chi connectivity index (χ0v) is 14.8. The molecule has 1 amide bonds. The Morgan fingerprint density at radius 2 is 2.21 bits per heavy atom. The van der Waals surface area contributed by atoms with Crippen LogP contribution in [0.25, 0.3) is 0 Å². The minimum Gasteiger partial charge on any atom is -0.487 e. The van der Waals surface area contributed by atoms with Crippen molar-refractivity contribution in [2.75, 3.05) is 13.1 Å². The number of benzene rings is 1. The van der Waals surface area contributed by atoms with Crippen molar-refractivity contribution in [3.63, 3.8) is 0 Å². The molecule has 1 aromatic heterocycles. The summed E-state index contributed by atoms with van der Waals surface area (Å²) in [6, 6.07) is 7.45. The van der Waals surface area contributed by atoms with E-state index in [0.29, 0.717) is 23.7 Å². The zero-order chi connectivity index (χ0) is 17.1. The fourth-order valence-corrected chi connectivity index (χ4v) is 3.26. The Morgan fingerprint density at radius 3 is 2.92 bits per heavy atom. The predicted molar refractivity (Wildman–Crippen MR) is 93.4 cm³/mol. The molecule has 128 valence electrons. The second-order valence-corrected chi connectivity index (χ2v) is 6.65. The third-order valence-electron chi connectivity index (χ3n) is 4.47. The van der Waals surface area contributed by atoms with Gasteiger partial charge in [0, 0.05) is 17.8 Å². The summed E-state index contributed by atoms with van der Waals surface area (Å²) in [5.74, 6) is 0.801. The maximum absolute atomic E-state index is 12.6. The molecule has 2 aromatic rings. The van der Waals surface area contributed by atoms with Crippen molar-refractivity contribution in [3.05, 3.63) is 46.2 Å². The minimum absolute atomic E-state index is 0.0193. The van der Waals surface area contributed by atoms with Crippen LogP contribution in [0.1, 0.15) is 29.8 Å². The molecule has 0 radical (unpaired) electrons. The van der Waals surface area contributed by atoms with Gasteiger partial charge in [-0.2, -0.15) is 5.10 Å². The number of para-hydroxylation sites is 1. The average Bonchev–Trinajstić information content (AvgIpc) is 2.89. The molecule has 24 heavy (non-hydrogen) atoms. The van der Waals surface area contributed by atoms with E-state index in [-0.39, 0.29) is 12.0 Å². The standard InChI is InChI=1S/C18H22ClN3O2/c1-12-15(13(2)21-20-12)10-18(23)22-9-5-6-14(11-22)24-17-8-4-3-7-16(17)19/h3-4,7-8,14H,5-6,9-11H2,1-2H3,(H,20,21). The van der Waals surface area contributed by atoms with Crippen LogP contribution in [0.4, 0.5) is 0 Å². The number of H-pyrrole nitrogens is 1. The van der Waals surface area contributed by atoms with Gasteiger partial charge in [0.05, 0.1) is 23.7 Å². The van der Waals surface area contributed by atoms with Crippen LogP contribution in [0.5, 0.6) is 5.75 Å². The number of likely N-dealkylation sites (tertiary alicyclic amines) is 1. The van der Waals surface area contributed by atoms with Crippen molar-refractivity contribution in [2.45, 2.75) is 39.2 Å². The van der Waals surface area contributed by atoms with Crippen LogP contribution in [0.2, 0.25) is 5.02 Å². The van der Waals surface area contributed by atoms with Gasteiger partial charge in [-0.15, -0.1) is 0 Å². The summed E-state index contributed by atoms with van der Waals surface area (Å²) in [5, 5.41) is 7.69. The molecule has 6 heteroatoms. The Bertz CT molecular complexity index is 709. The Morgan fingerprint density at radius 1 is 1.42 bits per heavy atom. The lowest BCUT2D eigenvalue weighted by Gasteiger charge is -2.33. The highest BCUT2D eigenvalue weighted by Gasteiger charge is 2.26. The molecule has 1 saturated heterocycles. The van der Waals surface area contributed by atoms with Crippen LogP contribution in [-0.4, -0.2) is 40.2 Å². The van der Waals surface area contributed by atoms with E-state index in [1.54, 1.807) is 0 Å². The molecule has 1 fully saturated rings. The third-order valence-corrected chi connectivity index (χ3v) is 4.78. The van der Waals surface area contributed by atoms with Crippen molar-refractivity contribution < 1.29 is 9.53 Å². The number of ether oxygens (including phenoxy) is 1. The highest BCUT2D eigenvalue weighted by molar-refractivity contribution is 6.32. The van der Waals surface area contributed by atoms with Gasteiger partial charge in [-0.25, -0.2) is 0 Å². The Hall–Kier alpha value is -2.01. The van der Waals surface area contributed by atoms with Gasteiger partial charge in [-0.3, -0.25) is 9.89 Å². The van der Waals surface area contributed by atoms with Crippen LogP contribution >= 0.6 is 11.6 Å². The topological polar surface area (TPSA) is 58.2 Å². The van der Waals surface area contributed by atoms with E-state index in [1.807, 2.05) is 43.0 Å². The molecule has 3 rings (SSSR count). The largest absolute Gasteiger partial charge is 0.487 e. The van der Waals surface area contributed by atoms with Crippen molar-refractivity contribution in [1.82, 2.24) is 15.1 Å². The number of hydrogen-bond donors (Lipinski definition) is 1. The average molecular weight is 348 g/mol. The van der Waals surface area contributed by atoms with E-state index < -0.39 is 0 Å². The number of hydrogen-bond acceptors (Lipinski definition) is 3. The second kappa shape index (κ2) is 7.26. The van der Waals surface area contributed by atoms with E-state index in [4.69, 9.17) is 16.3 Å². The lowest BCUT2D eigenvalue weighted by molar-refractivity contribution is -0.133. The molecule has 1 N–H and O–H groups in total. The second-order valence-electron chi connectivity index (χ2n) is 6.24. The molecule has 2 heterocycles. The van der Waals surface area contributed by atoms with E-state index in [1.165, 1.54) is 0 Å². The summed E-state index contributed by atoms with van der Waals surface area (Å²) < 4.78 is 6.00. The first-order valence-corrected chi connectivity index (χ1v) is 8.62. The van der Waals surface area contributed by atoms with Crippen molar-refractivity contribution in [1.29, 1.82) is 0 Å². The van der Waals surface area contributed by atoms with Gasteiger partial charge in [0.2, 0.25) is 5.91 Å². The van der Waals surface area contributed by atoms with Crippen LogP contribution < -0.4 is 4.74 Å². The lowest BCUT2D eigenvalue weighted by Crippen LogP contribution is -2.45. The van der Waals surface area contributed by atoms with Gasteiger partial charge in [-0.05, 0) is 38.8 Å². The van der Waals surface area contributed by atoms with Crippen LogP contribution in [-0.2, 0) is 11.2 Å². The predicted octanol–water partition coefficient (Wildman–Crippen LogP) is 3.29. The molecule has 1 aliphatic heterocycles. The molecule has 0 spiro atoms. The number of rotatable bonds is 4. The lowest BCUT2D eigenvalue weighted by atomic mass is 10.1. The maximum Gasteiger partial charge on any atom is 0.227 e. The fourth-order valence-electron chi connectivity index (χ4n) is 3.08. The van der Waals surface area contributed by atoms with Crippen molar-refractivity contribution in [2.24, 2.45) is 0 Å². The number of halogens is 1. The summed E-state index contributed by atoms with van der Waals surface area (Å²) in [7, 11) is 0. The number of aromatic amines is 1. The first-order chi connectivity index (χ1) is 11.5. The highest BCUT2D eigenvalue weighted by Crippen LogP contribution is 2.26. The maximum atomic E-state index is 12.6. The Labute approximate surface area is 147 Å². The molecule has 0 bridgehead atoms. The molecule has 1 aromatic carbocycles. The smallest absolute Gasteiger partial charge is 0.227 e. The molecule has 1 unspecified atom stereocenters. The van der Waals surface area contributed by atoms with Crippen LogP contribution in [0.15, 0.2) is 24.3 Å². The van der Waals surface area contributed by atoms with Gasteiger partial charge < -0.3 is 9.64 Å². The first-order valence-electron chi connectivity index (χ1n) is 8.24. The van der Waals surface area contributed by atoms with Crippen molar-refractivity contribution in [3.8, 4) is 5.75 Å². The molecular weight excluding hydrogens is 326 g/mol. The first kappa shape index (κ1) is 16.8. The number of piperidine rings is 1. The summed E-state index contributed by atoms with van der Waals surface area (Å²) >= 11 is 6.16. The minimum atomic E-state index is -0.0193.